The second-order valence-electron chi connectivity index (χ2n) is 5.72. The Morgan fingerprint density at radius 1 is 1.10 bits per heavy atom. The number of rotatable bonds is 0. The number of fused-ring (bicyclic) bond motifs is 5. The monoisotopic (exact) mass is 265 g/mol. The molecule has 4 rings (SSSR count). The first-order valence-electron chi connectivity index (χ1n) is 7.05. The molecule has 0 spiro atoms. The quantitative estimate of drug-likeness (QED) is 0.585. The van der Waals surface area contributed by atoms with Crippen molar-refractivity contribution in [3.63, 3.8) is 0 Å². The van der Waals surface area contributed by atoms with Crippen molar-refractivity contribution in [3.05, 3.63) is 47.5 Å². The molecule has 100 valence electrons. The summed E-state index contributed by atoms with van der Waals surface area (Å²) in [5.74, 6) is 0.622. The number of carbonyl (C=O) groups is 1. The Kier molecular flexibility index (Phi) is 2.43. The first kappa shape index (κ1) is 11.6. The smallest absolute Gasteiger partial charge is 0.137 e. The zero-order valence-electron chi connectivity index (χ0n) is 11.0. The zero-order chi connectivity index (χ0) is 13.7. The van der Waals surface area contributed by atoms with Gasteiger partial charge in [-0.05, 0) is 28.7 Å². The number of hydrogen-bond donors (Lipinski definition) is 1. The van der Waals surface area contributed by atoms with Gasteiger partial charge in [0.25, 0.3) is 0 Å². The molecule has 0 amide bonds. The molecule has 2 aliphatic rings. The fourth-order valence-electron chi connectivity index (χ4n) is 3.86. The number of hydrogen-bond acceptors (Lipinski definition) is 3. The van der Waals surface area contributed by atoms with Gasteiger partial charge in [-0.25, -0.2) is 0 Å². The van der Waals surface area contributed by atoms with E-state index in [9.17, 15) is 10.0 Å². The van der Waals surface area contributed by atoms with Gasteiger partial charge in [0.05, 0.1) is 5.71 Å². The summed E-state index contributed by atoms with van der Waals surface area (Å²) < 4.78 is 0. The van der Waals surface area contributed by atoms with Crippen LogP contribution < -0.4 is 0 Å². The third-order valence-electron chi connectivity index (χ3n) is 4.78. The Morgan fingerprint density at radius 3 is 2.80 bits per heavy atom. The summed E-state index contributed by atoms with van der Waals surface area (Å²) in [6.45, 7) is 0. The van der Waals surface area contributed by atoms with Crippen LogP contribution in [-0.2, 0) is 4.79 Å². The SMILES string of the molecule is O=C1CCC2c3ccc4ccccc4c3/C(=N/O)CC12. The Morgan fingerprint density at radius 2 is 1.95 bits per heavy atom. The van der Waals surface area contributed by atoms with Gasteiger partial charge in [0.15, 0.2) is 0 Å². The third-order valence-corrected chi connectivity index (χ3v) is 4.78. The van der Waals surface area contributed by atoms with Crippen molar-refractivity contribution in [1.29, 1.82) is 0 Å². The van der Waals surface area contributed by atoms with E-state index in [4.69, 9.17) is 0 Å². The maximum atomic E-state index is 12.0. The molecule has 2 unspecified atom stereocenters. The predicted octanol–water partition coefficient (Wildman–Crippen LogP) is 3.48. The molecule has 2 aliphatic carbocycles. The van der Waals surface area contributed by atoms with Crippen LogP contribution in [0.1, 0.15) is 36.3 Å². The lowest BCUT2D eigenvalue weighted by Gasteiger charge is -2.29. The molecule has 0 heterocycles. The molecular weight excluding hydrogens is 250 g/mol. The molecule has 1 saturated carbocycles. The van der Waals surface area contributed by atoms with Crippen molar-refractivity contribution in [2.24, 2.45) is 11.1 Å². The fraction of sp³-hybridized carbons (Fsp3) is 0.294. The lowest BCUT2D eigenvalue weighted by Crippen LogP contribution is -2.26. The van der Waals surface area contributed by atoms with Gasteiger partial charge in [0, 0.05) is 24.3 Å². The molecule has 2 atom stereocenters. The van der Waals surface area contributed by atoms with Crippen LogP contribution in [0.5, 0.6) is 0 Å². The van der Waals surface area contributed by atoms with Gasteiger partial charge in [-0.2, -0.15) is 0 Å². The van der Waals surface area contributed by atoms with Crippen molar-refractivity contribution in [2.45, 2.75) is 25.2 Å². The van der Waals surface area contributed by atoms with Crippen LogP contribution in [0, 0.1) is 5.92 Å². The molecule has 3 nitrogen and oxygen atoms in total. The topological polar surface area (TPSA) is 49.7 Å². The van der Waals surface area contributed by atoms with E-state index in [1.165, 1.54) is 5.56 Å². The normalized spacial score (nSPS) is 26.8. The van der Waals surface area contributed by atoms with E-state index in [0.29, 0.717) is 30.3 Å². The molecule has 0 saturated heterocycles. The molecule has 1 fully saturated rings. The predicted molar refractivity (Wildman–Crippen MR) is 77.4 cm³/mol. The molecular formula is C17H15NO2. The van der Waals surface area contributed by atoms with Gasteiger partial charge in [0.2, 0.25) is 0 Å². The molecule has 3 heteroatoms. The fourth-order valence-corrected chi connectivity index (χ4v) is 3.86. The number of oxime groups is 1. The van der Waals surface area contributed by atoms with Gasteiger partial charge in [-0.1, -0.05) is 41.6 Å². The van der Waals surface area contributed by atoms with E-state index < -0.39 is 0 Å². The maximum Gasteiger partial charge on any atom is 0.137 e. The van der Waals surface area contributed by atoms with E-state index in [2.05, 4.69) is 29.4 Å². The standard InChI is InChI=1S/C17H15NO2/c19-16-8-7-12-13-6-5-10-3-1-2-4-11(10)17(13)15(18-20)9-14(12)16/h1-6,12,14,20H,7-9H2/b18-15+. The summed E-state index contributed by atoms with van der Waals surface area (Å²) in [5.41, 5.74) is 2.88. The molecule has 20 heavy (non-hydrogen) atoms. The molecule has 0 aliphatic heterocycles. The van der Waals surface area contributed by atoms with Gasteiger partial charge in [-0.15, -0.1) is 0 Å². The molecule has 2 aromatic carbocycles. The Bertz CT molecular complexity index is 748. The molecule has 1 N–H and O–H groups in total. The Labute approximate surface area is 116 Å². The minimum absolute atomic E-state index is 0.00885. The number of nitrogens with zero attached hydrogens (tertiary/aromatic N) is 1. The van der Waals surface area contributed by atoms with Gasteiger partial charge < -0.3 is 5.21 Å². The average Bonchev–Trinajstić information content (AvgIpc) is 2.87. The highest BCUT2D eigenvalue weighted by molar-refractivity contribution is 6.14. The largest absolute Gasteiger partial charge is 0.411 e. The van der Waals surface area contributed by atoms with Crippen molar-refractivity contribution in [1.82, 2.24) is 0 Å². The number of benzene rings is 2. The summed E-state index contributed by atoms with van der Waals surface area (Å²) >= 11 is 0. The molecule has 0 aromatic heterocycles. The summed E-state index contributed by atoms with van der Waals surface area (Å²) in [6, 6.07) is 12.4. The van der Waals surface area contributed by atoms with Crippen LogP contribution in [0.15, 0.2) is 41.6 Å². The summed E-state index contributed by atoms with van der Waals surface area (Å²) in [6.07, 6.45) is 2.15. The lowest BCUT2D eigenvalue weighted by atomic mass is 9.74. The van der Waals surface area contributed by atoms with E-state index in [1.807, 2.05) is 12.1 Å². The highest BCUT2D eigenvalue weighted by atomic mass is 16.4. The molecule has 2 aromatic rings. The Hall–Kier alpha value is -2.16. The van der Waals surface area contributed by atoms with Crippen molar-refractivity contribution in [3.8, 4) is 0 Å². The third kappa shape index (κ3) is 1.46. The summed E-state index contributed by atoms with van der Waals surface area (Å²) in [7, 11) is 0. The van der Waals surface area contributed by atoms with Crippen molar-refractivity contribution >= 4 is 22.3 Å². The first-order chi connectivity index (χ1) is 9.79. The van der Waals surface area contributed by atoms with E-state index >= 15 is 0 Å². The van der Waals surface area contributed by atoms with E-state index in [1.54, 1.807) is 0 Å². The van der Waals surface area contributed by atoms with Gasteiger partial charge >= 0.3 is 0 Å². The van der Waals surface area contributed by atoms with Crippen molar-refractivity contribution < 1.29 is 10.0 Å². The van der Waals surface area contributed by atoms with Gasteiger partial charge in [-0.3, -0.25) is 4.79 Å². The molecule has 0 bridgehead atoms. The number of Topliss-reactive ketones (excluding diaryl/α,β-unsaturated/α-hetero) is 1. The van der Waals surface area contributed by atoms with E-state index in [0.717, 1.165) is 22.8 Å². The zero-order valence-corrected chi connectivity index (χ0v) is 11.0. The van der Waals surface area contributed by atoms with E-state index in [-0.39, 0.29) is 5.92 Å². The highest BCUT2D eigenvalue weighted by Crippen LogP contribution is 2.46. The minimum atomic E-state index is 0.00885. The summed E-state index contributed by atoms with van der Waals surface area (Å²) in [5, 5.41) is 15.1. The van der Waals surface area contributed by atoms with Crippen LogP contribution in [0.4, 0.5) is 0 Å². The van der Waals surface area contributed by atoms with Crippen LogP contribution in [0.25, 0.3) is 10.8 Å². The maximum absolute atomic E-state index is 12.0. The van der Waals surface area contributed by atoms with Crippen LogP contribution in [0.3, 0.4) is 0 Å². The summed E-state index contributed by atoms with van der Waals surface area (Å²) in [4.78, 5) is 12.0. The molecule has 0 radical (unpaired) electrons. The minimum Gasteiger partial charge on any atom is -0.411 e. The second-order valence-corrected chi connectivity index (χ2v) is 5.72. The average molecular weight is 265 g/mol. The second kappa shape index (κ2) is 4.17. The Balaban J connectivity index is 2.03. The number of ketones is 1. The van der Waals surface area contributed by atoms with Crippen LogP contribution >= 0.6 is 0 Å². The van der Waals surface area contributed by atoms with Crippen LogP contribution in [-0.4, -0.2) is 16.7 Å². The van der Waals surface area contributed by atoms with Crippen molar-refractivity contribution in [2.75, 3.05) is 0 Å². The van der Waals surface area contributed by atoms with Gasteiger partial charge in [0.1, 0.15) is 5.78 Å². The lowest BCUT2D eigenvalue weighted by molar-refractivity contribution is -0.120. The first-order valence-corrected chi connectivity index (χ1v) is 7.05. The highest BCUT2D eigenvalue weighted by Gasteiger charge is 2.42. The number of carbonyl (C=O) groups excluding carboxylic acids is 1. The van der Waals surface area contributed by atoms with Crippen LogP contribution in [0.2, 0.25) is 0 Å².